The number of hydrogen-bond donors (Lipinski definition) is 0. The molecule has 0 N–H and O–H groups in total. The number of carbonyl (C=O) groups is 2. The molecule has 16 heavy (non-hydrogen) atoms. The van der Waals surface area contributed by atoms with Gasteiger partial charge in [-0.25, -0.2) is 0 Å². The lowest BCUT2D eigenvalue weighted by atomic mass is 10.3. The zero-order chi connectivity index (χ0) is 11.7. The first-order chi connectivity index (χ1) is 7.58. The van der Waals surface area contributed by atoms with Crippen LogP contribution in [0.15, 0.2) is 0 Å². The summed E-state index contributed by atoms with van der Waals surface area (Å²) in [4.78, 5) is 25.9. The van der Waals surface area contributed by atoms with Crippen LogP contribution < -0.4 is 0 Å². The summed E-state index contributed by atoms with van der Waals surface area (Å²) in [5.74, 6) is -0.190. The van der Waals surface area contributed by atoms with Crippen LogP contribution in [0.4, 0.5) is 0 Å². The Morgan fingerprint density at radius 1 is 1.38 bits per heavy atom. The molecule has 0 aromatic carbocycles. The van der Waals surface area contributed by atoms with Gasteiger partial charge in [0.25, 0.3) is 0 Å². The number of nitrogens with zero attached hydrogens (tertiary/aromatic N) is 4. The van der Waals surface area contributed by atoms with Crippen LogP contribution in [0.2, 0.25) is 4.34 Å². The molecule has 1 saturated heterocycles. The van der Waals surface area contributed by atoms with Gasteiger partial charge in [0.05, 0.1) is 13.1 Å². The molecule has 0 spiro atoms. The summed E-state index contributed by atoms with van der Waals surface area (Å²) < 4.78 is 4.13. The van der Waals surface area contributed by atoms with E-state index in [0.717, 1.165) is 11.5 Å². The van der Waals surface area contributed by atoms with E-state index in [1.54, 1.807) is 7.05 Å². The summed E-state index contributed by atoms with van der Waals surface area (Å²) in [5, 5.41) is 3.81. The molecule has 0 bridgehead atoms. The third kappa shape index (κ3) is 2.14. The second-order valence-electron chi connectivity index (χ2n) is 3.49. The summed E-state index contributed by atoms with van der Waals surface area (Å²) >= 11 is 6.90. The van der Waals surface area contributed by atoms with E-state index < -0.39 is 0 Å². The molecule has 1 fully saturated rings. The van der Waals surface area contributed by atoms with Crippen molar-refractivity contribution in [3.8, 4) is 0 Å². The zero-order valence-corrected chi connectivity index (χ0v) is 10.1. The molecule has 0 radical (unpaired) electrons. The van der Waals surface area contributed by atoms with Gasteiger partial charge in [-0.1, -0.05) is 16.1 Å². The highest BCUT2D eigenvalue weighted by Gasteiger charge is 2.28. The number of carbonyl (C=O) groups excluding carboxylic acids is 2. The average Bonchev–Trinajstić information content (AvgIpc) is 2.61. The van der Waals surface area contributed by atoms with Crippen LogP contribution in [-0.4, -0.2) is 51.3 Å². The van der Waals surface area contributed by atoms with Crippen LogP contribution in [-0.2, 0) is 16.1 Å². The molecule has 1 aromatic heterocycles. The molecule has 2 heterocycles. The molecule has 8 heteroatoms. The van der Waals surface area contributed by atoms with Crippen LogP contribution in [0.25, 0.3) is 0 Å². The lowest BCUT2D eigenvalue weighted by Crippen LogP contribution is -2.51. The predicted octanol–water partition coefficient (Wildman–Crippen LogP) is -0.00790. The van der Waals surface area contributed by atoms with Gasteiger partial charge in [0.1, 0.15) is 16.6 Å². The number of piperazine rings is 1. The minimum atomic E-state index is -0.105. The van der Waals surface area contributed by atoms with Gasteiger partial charge in [0.15, 0.2) is 0 Å². The Bertz CT molecular complexity index is 435. The van der Waals surface area contributed by atoms with Crippen molar-refractivity contribution in [3.63, 3.8) is 0 Å². The highest BCUT2D eigenvalue weighted by atomic mass is 35.5. The summed E-state index contributed by atoms with van der Waals surface area (Å²) in [6, 6.07) is 0. The molecule has 0 saturated carbocycles. The fourth-order valence-electron chi connectivity index (χ4n) is 1.38. The van der Waals surface area contributed by atoms with Crippen molar-refractivity contribution in [1.82, 2.24) is 19.4 Å². The number of halogens is 1. The molecule has 1 aliphatic rings. The second-order valence-corrected chi connectivity index (χ2v) is 4.85. The number of rotatable bonds is 2. The molecule has 0 atom stereocenters. The van der Waals surface area contributed by atoms with Crippen molar-refractivity contribution in [2.75, 3.05) is 20.1 Å². The highest BCUT2D eigenvalue weighted by molar-refractivity contribution is 7.10. The SMILES string of the molecule is CN1CC(=O)N(Cc2nnsc2Cl)CC1=O. The maximum Gasteiger partial charge on any atom is 0.243 e. The largest absolute Gasteiger partial charge is 0.335 e. The standard InChI is InChI=1S/C8H9ClN4O2S/c1-12-3-7(15)13(4-6(12)14)2-5-8(9)16-11-10-5/h2-4H2,1H3. The van der Waals surface area contributed by atoms with E-state index in [1.807, 2.05) is 0 Å². The van der Waals surface area contributed by atoms with Crippen LogP contribution in [0, 0.1) is 0 Å². The van der Waals surface area contributed by atoms with Crippen molar-refractivity contribution in [2.24, 2.45) is 0 Å². The van der Waals surface area contributed by atoms with E-state index in [2.05, 4.69) is 9.59 Å². The molecule has 2 rings (SSSR count). The summed E-state index contributed by atoms with van der Waals surface area (Å²) in [6.07, 6.45) is 0. The monoisotopic (exact) mass is 260 g/mol. The van der Waals surface area contributed by atoms with Crippen molar-refractivity contribution < 1.29 is 9.59 Å². The van der Waals surface area contributed by atoms with Gasteiger partial charge >= 0.3 is 0 Å². The zero-order valence-electron chi connectivity index (χ0n) is 8.51. The summed E-state index contributed by atoms with van der Waals surface area (Å²) in [5.41, 5.74) is 0.539. The van der Waals surface area contributed by atoms with E-state index in [0.29, 0.717) is 10.0 Å². The van der Waals surface area contributed by atoms with Gasteiger partial charge < -0.3 is 9.80 Å². The van der Waals surface area contributed by atoms with Gasteiger partial charge in [-0.15, -0.1) is 5.10 Å². The minimum Gasteiger partial charge on any atom is -0.335 e. The van der Waals surface area contributed by atoms with E-state index >= 15 is 0 Å². The Hall–Kier alpha value is -1.21. The first-order valence-corrected chi connectivity index (χ1v) is 5.71. The van der Waals surface area contributed by atoms with E-state index in [-0.39, 0.29) is 31.4 Å². The first-order valence-electron chi connectivity index (χ1n) is 4.56. The lowest BCUT2D eigenvalue weighted by molar-refractivity contribution is -0.149. The molecule has 1 aliphatic heterocycles. The average molecular weight is 261 g/mol. The van der Waals surface area contributed by atoms with E-state index in [9.17, 15) is 9.59 Å². The fraction of sp³-hybridized carbons (Fsp3) is 0.500. The van der Waals surface area contributed by atoms with Crippen LogP contribution >= 0.6 is 23.1 Å². The maximum atomic E-state index is 11.6. The first kappa shape index (κ1) is 11.3. The third-order valence-corrected chi connectivity index (χ3v) is 3.31. The van der Waals surface area contributed by atoms with Gasteiger partial charge in [-0.3, -0.25) is 9.59 Å². The Morgan fingerprint density at radius 3 is 2.75 bits per heavy atom. The highest BCUT2D eigenvalue weighted by Crippen LogP contribution is 2.19. The van der Waals surface area contributed by atoms with Crippen LogP contribution in [0.5, 0.6) is 0 Å². The molecular formula is C8H9ClN4O2S. The van der Waals surface area contributed by atoms with Crippen molar-refractivity contribution in [2.45, 2.75) is 6.54 Å². The number of likely N-dealkylation sites (N-methyl/N-ethyl adjacent to an activating group) is 1. The Balaban J connectivity index is 2.08. The normalized spacial score (nSPS) is 17.1. The van der Waals surface area contributed by atoms with Gasteiger partial charge in [-0.05, 0) is 0 Å². The maximum absolute atomic E-state index is 11.6. The van der Waals surface area contributed by atoms with Gasteiger partial charge in [-0.2, -0.15) is 0 Å². The Morgan fingerprint density at radius 2 is 2.12 bits per heavy atom. The Labute approximate surface area is 101 Å². The minimum absolute atomic E-state index is 0.0726. The molecule has 86 valence electrons. The number of amides is 2. The third-order valence-electron chi connectivity index (χ3n) is 2.33. The second kappa shape index (κ2) is 4.34. The molecule has 0 aliphatic carbocycles. The quantitative estimate of drug-likeness (QED) is 0.750. The lowest BCUT2D eigenvalue weighted by Gasteiger charge is -2.31. The Kier molecular flexibility index (Phi) is 3.06. The van der Waals surface area contributed by atoms with Crippen molar-refractivity contribution >= 4 is 34.9 Å². The van der Waals surface area contributed by atoms with E-state index in [1.165, 1.54) is 9.80 Å². The van der Waals surface area contributed by atoms with Crippen LogP contribution in [0.3, 0.4) is 0 Å². The number of aromatic nitrogens is 2. The van der Waals surface area contributed by atoms with Crippen molar-refractivity contribution in [3.05, 3.63) is 10.0 Å². The van der Waals surface area contributed by atoms with Gasteiger partial charge in [0.2, 0.25) is 11.8 Å². The predicted molar refractivity (Wildman–Crippen MR) is 58.0 cm³/mol. The molecule has 1 aromatic rings. The molecular weight excluding hydrogens is 252 g/mol. The van der Waals surface area contributed by atoms with Gasteiger partial charge in [0, 0.05) is 18.6 Å². The molecule has 0 unspecified atom stereocenters. The molecule has 2 amide bonds. The van der Waals surface area contributed by atoms with Crippen molar-refractivity contribution in [1.29, 1.82) is 0 Å². The molecule has 6 nitrogen and oxygen atoms in total. The van der Waals surface area contributed by atoms with Crippen LogP contribution in [0.1, 0.15) is 5.69 Å². The number of hydrogen-bond acceptors (Lipinski definition) is 5. The smallest absolute Gasteiger partial charge is 0.243 e. The van der Waals surface area contributed by atoms with E-state index in [4.69, 9.17) is 11.6 Å². The summed E-state index contributed by atoms with van der Waals surface area (Å²) in [7, 11) is 1.61. The summed E-state index contributed by atoms with van der Waals surface area (Å²) in [6.45, 7) is 0.422. The fourth-order valence-corrected chi connectivity index (χ4v) is 1.99. The topological polar surface area (TPSA) is 66.4 Å².